The van der Waals surface area contributed by atoms with E-state index in [1.807, 2.05) is 38.1 Å². The lowest BCUT2D eigenvalue weighted by Crippen LogP contribution is -2.52. The minimum atomic E-state index is -3.80. The highest BCUT2D eigenvalue weighted by atomic mass is 79.9. The molecule has 0 saturated carbocycles. The van der Waals surface area contributed by atoms with E-state index in [4.69, 9.17) is 4.74 Å². The Morgan fingerprint density at radius 1 is 1.12 bits per heavy atom. The molecule has 0 spiro atoms. The van der Waals surface area contributed by atoms with Crippen molar-refractivity contribution in [3.8, 4) is 5.75 Å². The van der Waals surface area contributed by atoms with Crippen LogP contribution in [0, 0.1) is 0 Å². The van der Waals surface area contributed by atoms with Crippen molar-refractivity contribution >= 4 is 43.5 Å². The Hall–Kier alpha value is -2.59. The van der Waals surface area contributed by atoms with Crippen LogP contribution in [-0.2, 0) is 26.2 Å². The van der Waals surface area contributed by atoms with Crippen molar-refractivity contribution in [2.45, 2.75) is 45.8 Å². The quantitative estimate of drug-likeness (QED) is 0.459. The molecule has 0 aliphatic heterocycles. The Morgan fingerprint density at radius 2 is 1.79 bits per heavy atom. The third-order valence-corrected chi connectivity index (χ3v) is 7.06. The SMILES string of the molecule is CC[C@@H](C)NC(=O)[C@@H](C)N(Cc1cccc(Br)c1)C(=O)CN(c1cccc(OC)c1)S(C)(=O)=O. The molecule has 0 unspecified atom stereocenters. The van der Waals surface area contributed by atoms with Gasteiger partial charge in [0.25, 0.3) is 0 Å². The molecule has 10 heteroatoms. The molecule has 0 aliphatic carbocycles. The minimum Gasteiger partial charge on any atom is -0.497 e. The van der Waals surface area contributed by atoms with Crippen LogP contribution in [0.5, 0.6) is 5.75 Å². The Balaban J connectivity index is 2.40. The number of ether oxygens (including phenoxy) is 1. The molecule has 0 fully saturated rings. The summed E-state index contributed by atoms with van der Waals surface area (Å²) in [6.07, 6.45) is 1.78. The van der Waals surface area contributed by atoms with E-state index in [1.54, 1.807) is 31.2 Å². The monoisotopic (exact) mass is 553 g/mol. The van der Waals surface area contributed by atoms with E-state index in [0.717, 1.165) is 27.0 Å². The first-order chi connectivity index (χ1) is 16.0. The molecule has 2 amide bonds. The van der Waals surface area contributed by atoms with E-state index in [0.29, 0.717) is 11.4 Å². The van der Waals surface area contributed by atoms with Gasteiger partial charge >= 0.3 is 0 Å². The topological polar surface area (TPSA) is 96.0 Å². The Bertz CT molecular complexity index is 1110. The number of rotatable bonds is 11. The summed E-state index contributed by atoms with van der Waals surface area (Å²) in [7, 11) is -2.32. The van der Waals surface area contributed by atoms with E-state index in [1.165, 1.54) is 12.0 Å². The molecule has 2 aromatic rings. The number of carbonyl (C=O) groups is 2. The van der Waals surface area contributed by atoms with Gasteiger partial charge in [-0.05, 0) is 50.1 Å². The van der Waals surface area contributed by atoms with Crippen molar-refractivity contribution in [3.05, 3.63) is 58.6 Å². The molecule has 8 nitrogen and oxygen atoms in total. The van der Waals surface area contributed by atoms with Crippen LogP contribution in [0.3, 0.4) is 0 Å². The lowest BCUT2D eigenvalue weighted by molar-refractivity contribution is -0.139. The third kappa shape index (κ3) is 7.73. The van der Waals surface area contributed by atoms with Crippen LogP contribution in [0.25, 0.3) is 0 Å². The molecule has 2 aromatic carbocycles. The highest BCUT2D eigenvalue weighted by Gasteiger charge is 2.30. The van der Waals surface area contributed by atoms with Crippen LogP contribution in [0.2, 0.25) is 0 Å². The lowest BCUT2D eigenvalue weighted by Gasteiger charge is -2.32. The molecular weight excluding hydrogens is 522 g/mol. The molecular formula is C24H32BrN3O5S. The summed E-state index contributed by atoms with van der Waals surface area (Å²) in [5.41, 5.74) is 1.10. The zero-order valence-electron chi connectivity index (χ0n) is 20.1. The van der Waals surface area contributed by atoms with Crippen molar-refractivity contribution in [1.29, 1.82) is 0 Å². The normalized spacial score (nSPS) is 13.0. The van der Waals surface area contributed by atoms with Gasteiger partial charge in [-0.15, -0.1) is 0 Å². The number of amides is 2. The number of carbonyl (C=O) groups excluding carboxylic acids is 2. The summed E-state index contributed by atoms with van der Waals surface area (Å²) in [4.78, 5) is 27.8. The summed E-state index contributed by atoms with van der Waals surface area (Å²) in [5.74, 6) is -0.337. The standard InChI is InChI=1S/C24H32BrN3O5S/c1-6-17(2)26-24(30)18(3)27(15-19-9-7-10-20(25)13-19)23(29)16-28(34(5,31)32)21-11-8-12-22(14-21)33-4/h7-14,17-18H,6,15-16H2,1-5H3,(H,26,30)/t17-,18-/m1/s1. The Kier molecular flexibility index (Phi) is 9.93. The smallest absolute Gasteiger partial charge is 0.244 e. The summed E-state index contributed by atoms with van der Waals surface area (Å²) >= 11 is 3.43. The number of hydrogen-bond donors (Lipinski definition) is 1. The zero-order chi connectivity index (χ0) is 25.5. The van der Waals surface area contributed by atoms with E-state index < -0.39 is 28.5 Å². The van der Waals surface area contributed by atoms with Gasteiger partial charge in [0.2, 0.25) is 21.8 Å². The number of sulfonamides is 1. The molecule has 2 atom stereocenters. The average Bonchev–Trinajstić information content (AvgIpc) is 2.79. The maximum atomic E-state index is 13.5. The molecule has 34 heavy (non-hydrogen) atoms. The van der Waals surface area contributed by atoms with Gasteiger partial charge in [-0.3, -0.25) is 13.9 Å². The maximum absolute atomic E-state index is 13.5. The highest BCUT2D eigenvalue weighted by Crippen LogP contribution is 2.24. The third-order valence-electron chi connectivity index (χ3n) is 5.43. The van der Waals surface area contributed by atoms with Crippen molar-refractivity contribution in [1.82, 2.24) is 10.2 Å². The molecule has 0 radical (unpaired) electrons. The molecule has 0 heterocycles. The number of anilines is 1. The highest BCUT2D eigenvalue weighted by molar-refractivity contribution is 9.10. The van der Waals surface area contributed by atoms with Gasteiger partial charge in [0, 0.05) is 23.1 Å². The second kappa shape index (κ2) is 12.2. The van der Waals surface area contributed by atoms with Crippen molar-refractivity contribution < 1.29 is 22.7 Å². The van der Waals surface area contributed by atoms with Crippen LogP contribution in [-0.4, -0.2) is 57.1 Å². The molecule has 0 aromatic heterocycles. The first-order valence-corrected chi connectivity index (χ1v) is 13.6. The molecule has 0 aliphatic rings. The maximum Gasteiger partial charge on any atom is 0.244 e. The number of halogens is 1. The molecule has 2 rings (SSSR count). The summed E-state index contributed by atoms with van der Waals surface area (Å²) in [6, 6.07) is 13.0. The van der Waals surface area contributed by atoms with E-state index in [9.17, 15) is 18.0 Å². The van der Waals surface area contributed by atoms with Gasteiger partial charge in [-0.2, -0.15) is 0 Å². The van der Waals surface area contributed by atoms with Crippen LogP contribution in [0.15, 0.2) is 53.0 Å². The van der Waals surface area contributed by atoms with Crippen LogP contribution >= 0.6 is 15.9 Å². The van der Waals surface area contributed by atoms with Gasteiger partial charge in [-0.1, -0.05) is 41.1 Å². The van der Waals surface area contributed by atoms with Crippen molar-refractivity contribution in [2.75, 3.05) is 24.2 Å². The predicted octanol–water partition coefficient (Wildman–Crippen LogP) is 3.56. The van der Waals surface area contributed by atoms with Crippen LogP contribution in [0.1, 0.15) is 32.8 Å². The molecule has 0 bridgehead atoms. The zero-order valence-corrected chi connectivity index (χ0v) is 22.5. The van der Waals surface area contributed by atoms with Crippen molar-refractivity contribution in [2.24, 2.45) is 0 Å². The molecule has 1 N–H and O–H groups in total. The fraction of sp³-hybridized carbons (Fsp3) is 0.417. The number of hydrogen-bond acceptors (Lipinski definition) is 5. The van der Waals surface area contributed by atoms with Crippen LogP contribution < -0.4 is 14.4 Å². The fourth-order valence-corrected chi connectivity index (χ4v) is 4.55. The average molecular weight is 555 g/mol. The fourth-order valence-electron chi connectivity index (χ4n) is 3.26. The van der Waals surface area contributed by atoms with Gasteiger partial charge in [-0.25, -0.2) is 8.42 Å². The summed E-state index contributed by atoms with van der Waals surface area (Å²) in [6.45, 7) is 5.17. The number of nitrogens with zero attached hydrogens (tertiary/aromatic N) is 2. The van der Waals surface area contributed by atoms with Gasteiger partial charge in [0.1, 0.15) is 18.3 Å². The molecule has 0 saturated heterocycles. The van der Waals surface area contributed by atoms with Gasteiger partial charge < -0.3 is 15.0 Å². The number of nitrogens with one attached hydrogen (secondary N) is 1. The molecule has 186 valence electrons. The minimum absolute atomic E-state index is 0.0536. The largest absolute Gasteiger partial charge is 0.497 e. The summed E-state index contributed by atoms with van der Waals surface area (Å²) in [5, 5.41) is 2.90. The Labute approximate surface area is 210 Å². The van der Waals surface area contributed by atoms with Crippen LogP contribution in [0.4, 0.5) is 5.69 Å². The second-order valence-electron chi connectivity index (χ2n) is 8.12. The van der Waals surface area contributed by atoms with E-state index >= 15 is 0 Å². The Morgan fingerprint density at radius 3 is 2.38 bits per heavy atom. The van der Waals surface area contributed by atoms with Crippen molar-refractivity contribution in [3.63, 3.8) is 0 Å². The number of methoxy groups -OCH3 is 1. The first-order valence-electron chi connectivity index (χ1n) is 10.9. The second-order valence-corrected chi connectivity index (χ2v) is 10.9. The lowest BCUT2D eigenvalue weighted by atomic mass is 10.1. The van der Waals surface area contributed by atoms with E-state index in [2.05, 4.69) is 21.2 Å². The van der Waals surface area contributed by atoms with Gasteiger partial charge in [0.05, 0.1) is 19.1 Å². The first kappa shape index (κ1) is 27.7. The number of benzene rings is 2. The van der Waals surface area contributed by atoms with E-state index in [-0.39, 0.29) is 18.5 Å². The van der Waals surface area contributed by atoms with Gasteiger partial charge in [0.15, 0.2) is 0 Å². The predicted molar refractivity (Wildman–Crippen MR) is 137 cm³/mol. The summed E-state index contributed by atoms with van der Waals surface area (Å²) < 4.78 is 32.3.